The summed E-state index contributed by atoms with van der Waals surface area (Å²) in [6.45, 7) is 0. The van der Waals surface area contributed by atoms with Crippen molar-refractivity contribution in [2.45, 2.75) is 0 Å². The first-order valence-corrected chi connectivity index (χ1v) is 6.00. The summed E-state index contributed by atoms with van der Waals surface area (Å²) < 4.78 is 0. The smallest absolute Gasteiger partial charge is 0.101 e. The molecule has 90 valence electrons. The number of rotatable bonds is 2. The maximum atomic E-state index is 9.32. The molecule has 0 N–H and O–H groups in total. The number of benzene rings is 2. The van der Waals surface area contributed by atoms with Crippen molar-refractivity contribution in [1.29, 1.82) is 10.5 Å². The molecular formula is C16H9ClN2. The van der Waals surface area contributed by atoms with Gasteiger partial charge in [-0.15, -0.1) is 0 Å². The van der Waals surface area contributed by atoms with Gasteiger partial charge in [0, 0.05) is 5.02 Å². The van der Waals surface area contributed by atoms with E-state index in [1.165, 1.54) is 0 Å². The molecule has 0 amide bonds. The van der Waals surface area contributed by atoms with E-state index in [0.29, 0.717) is 21.7 Å². The number of allylic oxidation sites excluding steroid dienone is 2. The molecule has 0 atom stereocenters. The summed E-state index contributed by atoms with van der Waals surface area (Å²) in [5, 5.41) is 19.2. The molecule has 3 heteroatoms. The fourth-order valence-corrected chi connectivity index (χ4v) is 1.88. The van der Waals surface area contributed by atoms with Gasteiger partial charge in [-0.2, -0.15) is 10.5 Å². The minimum Gasteiger partial charge on any atom is -0.192 e. The molecule has 0 radical (unpaired) electrons. The van der Waals surface area contributed by atoms with E-state index in [1.807, 2.05) is 30.3 Å². The molecule has 0 spiro atoms. The maximum absolute atomic E-state index is 9.32. The van der Waals surface area contributed by atoms with Gasteiger partial charge in [-0.25, -0.2) is 0 Å². The van der Waals surface area contributed by atoms with E-state index in [1.54, 1.807) is 24.3 Å². The second-order valence-corrected chi connectivity index (χ2v) is 4.28. The van der Waals surface area contributed by atoms with Crippen LogP contribution >= 0.6 is 11.6 Å². The van der Waals surface area contributed by atoms with Crippen molar-refractivity contribution in [3.8, 4) is 12.1 Å². The van der Waals surface area contributed by atoms with Crippen LogP contribution in [0.25, 0.3) is 11.1 Å². The van der Waals surface area contributed by atoms with Crippen LogP contribution in [-0.4, -0.2) is 0 Å². The van der Waals surface area contributed by atoms with Gasteiger partial charge in [0.2, 0.25) is 0 Å². The van der Waals surface area contributed by atoms with Gasteiger partial charge in [-0.3, -0.25) is 0 Å². The van der Waals surface area contributed by atoms with Gasteiger partial charge in [0.1, 0.15) is 12.1 Å². The van der Waals surface area contributed by atoms with Crippen LogP contribution < -0.4 is 0 Å². The lowest BCUT2D eigenvalue weighted by molar-refractivity contribution is 1.50. The average molecular weight is 265 g/mol. The first-order valence-electron chi connectivity index (χ1n) is 5.62. The third-order valence-electron chi connectivity index (χ3n) is 2.67. The highest BCUT2D eigenvalue weighted by Gasteiger charge is 2.10. The zero-order chi connectivity index (χ0) is 13.7. The van der Waals surface area contributed by atoms with Gasteiger partial charge in [-0.05, 0) is 23.3 Å². The molecule has 0 unspecified atom stereocenters. The third-order valence-corrected chi connectivity index (χ3v) is 2.92. The first kappa shape index (κ1) is 12.9. The molecule has 0 aliphatic carbocycles. The van der Waals surface area contributed by atoms with E-state index in [9.17, 15) is 10.5 Å². The summed E-state index contributed by atoms with van der Waals surface area (Å²) in [5.74, 6) is 0. The van der Waals surface area contributed by atoms with E-state index >= 15 is 0 Å². The normalized spacial score (nSPS) is 11.1. The molecule has 2 rings (SSSR count). The van der Waals surface area contributed by atoms with Crippen molar-refractivity contribution in [2.24, 2.45) is 0 Å². The first-order chi connectivity index (χ1) is 9.26. The Hall–Kier alpha value is -2.55. The second-order valence-electron chi connectivity index (χ2n) is 3.85. The molecule has 2 aromatic carbocycles. The molecule has 0 saturated heterocycles. The molecule has 0 heterocycles. The number of halogens is 1. The summed E-state index contributed by atoms with van der Waals surface area (Å²) in [4.78, 5) is 0. The topological polar surface area (TPSA) is 47.6 Å². The van der Waals surface area contributed by atoms with Gasteiger partial charge >= 0.3 is 0 Å². The Balaban J connectivity index is 2.61. The Morgan fingerprint density at radius 2 is 1.21 bits per heavy atom. The van der Waals surface area contributed by atoms with Crippen LogP contribution in [0.1, 0.15) is 11.1 Å². The number of nitrogens with zero attached hydrogens (tertiary/aromatic N) is 2. The predicted molar refractivity (Wildman–Crippen MR) is 75.9 cm³/mol. The van der Waals surface area contributed by atoms with E-state index in [4.69, 9.17) is 11.6 Å². The fourth-order valence-electron chi connectivity index (χ4n) is 1.75. The van der Waals surface area contributed by atoms with Crippen LogP contribution in [0.3, 0.4) is 0 Å². The lowest BCUT2D eigenvalue weighted by atomic mass is 9.96. The lowest BCUT2D eigenvalue weighted by Gasteiger charge is -2.04. The van der Waals surface area contributed by atoms with E-state index < -0.39 is 0 Å². The summed E-state index contributed by atoms with van der Waals surface area (Å²) in [6.07, 6.45) is 0. The number of nitriles is 2. The van der Waals surface area contributed by atoms with Crippen LogP contribution in [0.2, 0.25) is 5.02 Å². The second kappa shape index (κ2) is 5.87. The van der Waals surface area contributed by atoms with Crippen LogP contribution in [0.5, 0.6) is 0 Å². The van der Waals surface area contributed by atoms with Crippen molar-refractivity contribution in [3.63, 3.8) is 0 Å². The highest BCUT2D eigenvalue weighted by Crippen LogP contribution is 2.26. The molecule has 19 heavy (non-hydrogen) atoms. The van der Waals surface area contributed by atoms with E-state index in [-0.39, 0.29) is 0 Å². The molecule has 0 saturated carbocycles. The number of hydrogen-bond acceptors (Lipinski definition) is 2. The lowest BCUT2D eigenvalue weighted by Crippen LogP contribution is -1.89. The zero-order valence-electron chi connectivity index (χ0n) is 9.97. The maximum Gasteiger partial charge on any atom is 0.101 e. The van der Waals surface area contributed by atoms with Gasteiger partial charge < -0.3 is 0 Å². The minimum atomic E-state index is 0.352. The van der Waals surface area contributed by atoms with Crippen LogP contribution in [0.15, 0.2) is 54.6 Å². The Kier molecular flexibility index (Phi) is 3.98. The van der Waals surface area contributed by atoms with Gasteiger partial charge in [0.05, 0.1) is 11.1 Å². The zero-order valence-corrected chi connectivity index (χ0v) is 10.7. The van der Waals surface area contributed by atoms with Gasteiger partial charge in [0.25, 0.3) is 0 Å². The Labute approximate surface area is 116 Å². The van der Waals surface area contributed by atoms with Gasteiger partial charge in [0.15, 0.2) is 0 Å². The molecule has 0 fully saturated rings. The quantitative estimate of drug-likeness (QED) is 0.600. The van der Waals surface area contributed by atoms with Crippen LogP contribution in [0, 0.1) is 22.7 Å². The molecular weight excluding hydrogens is 256 g/mol. The van der Waals surface area contributed by atoms with Crippen molar-refractivity contribution < 1.29 is 0 Å². The SMILES string of the molecule is N#C/C(=C(/C#N)c1ccc(Cl)cc1)c1ccccc1. The molecule has 0 aliphatic heterocycles. The summed E-state index contributed by atoms with van der Waals surface area (Å²) in [5.41, 5.74) is 2.14. The molecule has 0 aliphatic rings. The summed E-state index contributed by atoms with van der Waals surface area (Å²) >= 11 is 5.83. The van der Waals surface area contributed by atoms with E-state index in [0.717, 1.165) is 5.56 Å². The highest BCUT2D eigenvalue weighted by atomic mass is 35.5. The molecule has 0 bridgehead atoms. The predicted octanol–water partition coefficient (Wildman–Crippen LogP) is 4.30. The average Bonchev–Trinajstić information content (AvgIpc) is 2.47. The monoisotopic (exact) mass is 264 g/mol. The highest BCUT2D eigenvalue weighted by molar-refractivity contribution is 6.30. The standard InChI is InChI=1S/C16H9ClN2/c17-14-8-6-13(7-9-14)16(11-19)15(10-18)12-4-2-1-3-5-12/h1-9H/b16-15+. The molecule has 0 aromatic heterocycles. The minimum absolute atomic E-state index is 0.352. The molecule has 2 aromatic rings. The van der Waals surface area contributed by atoms with Crippen molar-refractivity contribution in [1.82, 2.24) is 0 Å². The van der Waals surface area contributed by atoms with E-state index in [2.05, 4.69) is 12.1 Å². The van der Waals surface area contributed by atoms with Crippen molar-refractivity contribution in [3.05, 3.63) is 70.7 Å². The van der Waals surface area contributed by atoms with Gasteiger partial charge in [-0.1, -0.05) is 54.1 Å². The Morgan fingerprint density at radius 3 is 1.68 bits per heavy atom. The van der Waals surface area contributed by atoms with Crippen molar-refractivity contribution >= 4 is 22.7 Å². The van der Waals surface area contributed by atoms with Crippen LogP contribution in [0.4, 0.5) is 0 Å². The summed E-state index contributed by atoms with van der Waals surface area (Å²) in [6, 6.07) is 20.3. The fraction of sp³-hybridized carbons (Fsp3) is 0. The van der Waals surface area contributed by atoms with Crippen molar-refractivity contribution in [2.75, 3.05) is 0 Å². The van der Waals surface area contributed by atoms with Crippen LogP contribution in [-0.2, 0) is 0 Å². The molecule has 2 nitrogen and oxygen atoms in total. The number of hydrogen-bond donors (Lipinski definition) is 0. The Morgan fingerprint density at radius 1 is 0.737 bits per heavy atom. The largest absolute Gasteiger partial charge is 0.192 e. The Bertz CT molecular complexity index is 686. The summed E-state index contributed by atoms with van der Waals surface area (Å²) in [7, 11) is 0. The third kappa shape index (κ3) is 2.83.